The number of amides is 1. The molecule has 5 heteroatoms. The minimum Gasteiger partial charge on any atom is -0.380 e. The van der Waals surface area contributed by atoms with Crippen LogP contribution in [0.25, 0.3) is 0 Å². The predicted molar refractivity (Wildman–Crippen MR) is 62.1 cm³/mol. The fourth-order valence-electron chi connectivity index (χ4n) is 1.46. The zero-order valence-corrected chi connectivity index (χ0v) is 10.3. The third-order valence-electron chi connectivity index (χ3n) is 2.54. The van der Waals surface area contributed by atoms with Gasteiger partial charge in [-0.1, -0.05) is 13.8 Å². The molecule has 1 amide bonds. The first-order valence-electron chi connectivity index (χ1n) is 5.25. The van der Waals surface area contributed by atoms with Crippen molar-refractivity contribution in [2.45, 2.75) is 26.3 Å². The number of rotatable bonds is 2. The normalized spacial score (nSPS) is 19.3. The molecule has 15 heavy (non-hydrogen) atoms. The molecular weight excluding hydrogens is 216 g/mol. The van der Waals surface area contributed by atoms with Crippen molar-refractivity contribution in [1.82, 2.24) is 4.90 Å². The third kappa shape index (κ3) is 4.36. The number of carbonyl (C=O) groups is 1. The van der Waals surface area contributed by atoms with Crippen molar-refractivity contribution >= 4 is 18.3 Å². The predicted octanol–water partition coefficient (Wildman–Crippen LogP) is 0.640. The molecule has 0 aromatic heterocycles. The number of carbonyl (C=O) groups excluding carboxylic acids is 1. The van der Waals surface area contributed by atoms with E-state index >= 15 is 0 Å². The van der Waals surface area contributed by atoms with Gasteiger partial charge >= 0.3 is 0 Å². The van der Waals surface area contributed by atoms with Crippen molar-refractivity contribution in [3.05, 3.63) is 0 Å². The Kier molecular flexibility index (Phi) is 6.89. The number of hydrogen-bond donors (Lipinski definition) is 1. The van der Waals surface area contributed by atoms with Crippen LogP contribution in [-0.4, -0.2) is 43.2 Å². The molecule has 0 spiro atoms. The van der Waals surface area contributed by atoms with Gasteiger partial charge in [-0.05, 0) is 12.3 Å². The van der Waals surface area contributed by atoms with Crippen LogP contribution in [0.3, 0.4) is 0 Å². The van der Waals surface area contributed by atoms with Gasteiger partial charge in [-0.2, -0.15) is 0 Å². The summed E-state index contributed by atoms with van der Waals surface area (Å²) in [4.78, 5) is 13.7. The molecule has 1 fully saturated rings. The van der Waals surface area contributed by atoms with Crippen LogP contribution in [-0.2, 0) is 9.53 Å². The summed E-state index contributed by atoms with van der Waals surface area (Å²) in [6.07, 6.45) is 0.913. The highest BCUT2D eigenvalue weighted by atomic mass is 35.5. The molecule has 1 aliphatic heterocycles. The Morgan fingerprint density at radius 3 is 2.60 bits per heavy atom. The summed E-state index contributed by atoms with van der Waals surface area (Å²) in [5.74, 6) is 0.261. The fourth-order valence-corrected chi connectivity index (χ4v) is 1.46. The van der Waals surface area contributed by atoms with Gasteiger partial charge in [-0.3, -0.25) is 4.79 Å². The summed E-state index contributed by atoms with van der Waals surface area (Å²) < 4.78 is 5.28. The number of hydrogen-bond acceptors (Lipinski definition) is 3. The standard InChI is InChI=1S/C10H20N2O2.ClH/c1-8(2)9(11)10(13)12-4-3-6-14-7-5-12;/h8-9H,3-7,11H2,1-2H3;1H/t9-;/m1./s1. The van der Waals surface area contributed by atoms with Crippen LogP contribution in [0, 0.1) is 5.92 Å². The van der Waals surface area contributed by atoms with E-state index in [1.165, 1.54) is 0 Å². The second-order valence-electron chi connectivity index (χ2n) is 4.06. The molecule has 90 valence electrons. The molecule has 0 aliphatic carbocycles. The summed E-state index contributed by atoms with van der Waals surface area (Å²) in [7, 11) is 0. The molecule has 4 nitrogen and oxygen atoms in total. The highest BCUT2D eigenvalue weighted by molar-refractivity contribution is 5.85. The summed E-state index contributed by atoms with van der Waals surface area (Å²) in [6.45, 7) is 6.78. The average Bonchev–Trinajstić information content (AvgIpc) is 2.43. The van der Waals surface area contributed by atoms with Crippen molar-refractivity contribution in [3.8, 4) is 0 Å². The molecule has 1 aliphatic rings. The van der Waals surface area contributed by atoms with Gasteiger partial charge in [0.15, 0.2) is 0 Å². The summed E-state index contributed by atoms with van der Waals surface area (Å²) in [5, 5.41) is 0. The van der Waals surface area contributed by atoms with Crippen LogP contribution in [0.4, 0.5) is 0 Å². The van der Waals surface area contributed by atoms with Gasteiger partial charge in [0.1, 0.15) is 0 Å². The maximum atomic E-state index is 11.8. The van der Waals surface area contributed by atoms with E-state index in [1.807, 2.05) is 18.7 Å². The van der Waals surface area contributed by atoms with Crippen molar-refractivity contribution in [2.24, 2.45) is 11.7 Å². The van der Waals surface area contributed by atoms with Gasteiger partial charge in [0, 0.05) is 19.7 Å². The Morgan fingerprint density at radius 2 is 2.00 bits per heavy atom. The highest BCUT2D eigenvalue weighted by Crippen LogP contribution is 2.06. The lowest BCUT2D eigenvalue weighted by atomic mass is 10.0. The Balaban J connectivity index is 0.00000196. The van der Waals surface area contributed by atoms with E-state index in [1.54, 1.807) is 0 Å². The monoisotopic (exact) mass is 236 g/mol. The second-order valence-corrected chi connectivity index (χ2v) is 4.06. The SMILES string of the molecule is CC(C)[C@@H](N)C(=O)N1CCCOCC1.Cl. The Morgan fingerprint density at radius 1 is 1.33 bits per heavy atom. The molecule has 0 bridgehead atoms. The lowest BCUT2D eigenvalue weighted by Crippen LogP contribution is -2.47. The van der Waals surface area contributed by atoms with Crippen LogP contribution in [0.15, 0.2) is 0 Å². The van der Waals surface area contributed by atoms with E-state index in [4.69, 9.17) is 10.5 Å². The first kappa shape index (κ1) is 14.7. The minimum atomic E-state index is -0.368. The lowest BCUT2D eigenvalue weighted by molar-refractivity contribution is -0.133. The van der Waals surface area contributed by atoms with Crippen LogP contribution in [0.1, 0.15) is 20.3 Å². The van der Waals surface area contributed by atoms with Crippen LogP contribution in [0.2, 0.25) is 0 Å². The minimum absolute atomic E-state index is 0. The van der Waals surface area contributed by atoms with E-state index in [9.17, 15) is 4.79 Å². The molecule has 0 aromatic rings. The maximum absolute atomic E-state index is 11.8. The molecule has 0 aromatic carbocycles. The molecular formula is C10H21ClN2O2. The largest absolute Gasteiger partial charge is 0.380 e. The molecule has 0 unspecified atom stereocenters. The smallest absolute Gasteiger partial charge is 0.239 e. The lowest BCUT2D eigenvalue weighted by Gasteiger charge is -2.25. The summed E-state index contributed by atoms with van der Waals surface area (Å²) >= 11 is 0. The van der Waals surface area contributed by atoms with Gasteiger partial charge in [0.2, 0.25) is 5.91 Å². The van der Waals surface area contributed by atoms with E-state index in [0.717, 1.165) is 19.6 Å². The maximum Gasteiger partial charge on any atom is 0.239 e. The molecule has 1 rings (SSSR count). The number of nitrogens with two attached hydrogens (primary N) is 1. The van der Waals surface area contributed by atoms with Gasteiger partial charge < -0.3 is 15.4 Å². The molecule has 0 saturated carbocycles. The number of halogens is 1. The molecule has 0 radical (unpaired) electrons. The summed E-state index contributed by atoms with van der Waals surface area (Å²) in [5.41, 5.74) is 5.81. The highest BCUT2D eigenvalue weighted by Gasteiger charge is 2.23. The summed E-state index contributed by atoms with van der Waals surface area (Å²) in [6, 6.07) is -0.368. The van der Waals surface area contributed by atoms with E-state index in [2.05, 4.69) is 0 Å². The zero-order valence-electron chi connectivity index (χ0n) is 9.44. The van der Waals surface area contributed by atoms with Crippen molar-refractivity contribution < 1.29 is 9.53 Å². The van der Waals surface area contributed by atoms with Crippen molar-refractivity contribution in [2.75, 3.05) is 26.3 Å². The molecule has 2 N–H and O–H groups in total. The Labute approximate surface area is 97.5 Å². The van der Waals surface area contributed by atoms with E-state index in [0.29, 0.717) is 13.2 Å². The van der Waals surface area contributed by atoms with Crippen LogP contribution in [0.5, 0.6) is 0 Å². The van der Waals surface area contributed by atoms with Gasteiger partial charge in [-0.25, -0.2) is 0 Å². The number of nitrogens with zero attached hydrogens (tertiary/aromatic N) is 1. The number of ether oxygens (including phenoxy) is 1. The fraction of sp³-hybridized carbons (Fsp3) is 0.900. The van der Waals surface area contributed by atoms with E-state index < -0.39 is 0 Å². The molecule has 1 atom stereocenters. The first-order chi connectivity index (χ1) is 6.63. The topological polar surface area (TPSA) is 55.6 Å². The quantitative estimate of drug-likeness (QED) is 0.766. The Hall–Kier alpha value is -0.320. The molecule has 1 saturated heterocycles. The molecule has 1 heterocycles. The zero-order chi connectivity index (χ0) is 10.6. The van der Waals surface area contributed by atoms with Gasteiger partial charge in [0.25, 0.3) is 0 Å². The van der Waals surface area contributed by atoms with Crippen LogP contribution < -0.4 is 5.73 Å². The Bertz CT molecular complexity index is 192. The first-order valence-corrected chi connectivity index (χ1v) is 5.25. The second kappa shape index (κ2) is 7.04. The third-order valence-corrected chi connectivity index (χ3v) is 2.54. The van der Waals surface area contributed by atoms with Crippen molar-refractivity contribution in [3.63, 3.8) is 0 Å². The van der Waals surface area contributed by atoms with Gasteiger partial charge in [0.05, 0.1) is 12.6 Å². The van der Waals surface area contributed by atoms with Gasteiger partial charge in [-0.15, -0.1) is 12.4 Å². The van der Waals surface area contributed by atoms with Crippen molar-refractivity contribution in [1.29, 1.82) is 0 Å². The van der Waals surface area contributed by atoms with Crippen LogP contribution >= 0.6 is 12.4 Å². The average molecular weight is 237 g/mol. The van der Waals surface area contributed by atoms with E-state index in [-0.39, 0.29) is 30.3 Å².